The molecule has 0 amide bonds. The summed E-state index contributed by atoms with van der Waals surface area (Å²) < 4.78 is 26.2. The first-order chi connectivity index (χ1) is 5.95. The quantitative estimate of drug-likeness (QED) is 0.729. The Labute approximate surface area is 83.9 Å². The maximum atomic E-state index is 13.1. The van der Waals surface area contributed by atoms with Crippen LogP contribution < -0.4 is 0 Å². The lowest BCUT2D eigenvalue weighted by Gasteiger charge is -2.09. The van der Waals surface area contributed by atoms with Gasteiger partial charge in [-0.25, -0.2) is 8.78 Å². The largest absolute Gasteiger partial charge is 0.388 e. The molecule has 1 aromatic carbocycles. The first-order valence-electron chi connectivity index (χ1n) is 3.46. The summed E-state index contributed by atoms with van der Waals surface area (Å²) in [6.07, 6.45) is -1.28. The standard InChI is InChI=1S/C8H6Cl2F2O/c1-3(13)6-7(11)4(9)2-5(10)8(6)12/h2-3,13H,1H3. The third-order valence-electron chi connectivity index (χ3n) is 1.56. The average Bonchev–Trinajstić information content (AvgIpc) is 2.01. The molecule has 1 aromatic rings. The first-order valence-corrected chi connectivity index (χ1v) is 4.21. The number of halogens is 4. The molecule has 0 saturated carbocycles. The Bertz CT molecular complexity index is 313. The van der Waals surface area contributed by atoms with Gasteiger partial charge in [-0.2, -0.15) is 0 Å². The number of hydrogen-bond donors (Lipinski definition) is 1. The first kappa shape index (κ1) is 10.7. The lowest BCUT2D eigenvalue weighted by Crippen LogP contribution is -2.01. The maximum absolute atomic E-state index is 13.1. The maximum Gasteiger partial charge on any atom is 0.150 e. The second kappa shape index (κ2) is 3.78. The van der Waals surface area contributed by atoms with Gasteiger partial charge in [-0.05, 0) is 13.0 Å². The Hall–Kier alpha value is -0.380. The van der Waals surface area contributed by atoms with Gasteiger partial charge >= 0.3 is 0 Å². The smallest absolute Gasteiger partial charge is 0.150 e. The molecular weight excluding hydrogens is 221 g/mol. The van der Waals surface area contributed by atoms with Crippen LogP contribution in [-0.4, -0.2) is 5.11 Å². The van der Waals surface area contributed by atoms with Gasteiger partial charge in [-0.15, -0.1) is 0 Å². The van der Waals surface area contributed by atoms with Crippen LogP contribution >= 0.6 is 23.2 Å². The Morgan fingerprint density at radius 3 is 1.92 bits per heavy atom. The average molecular weight is 227 g/mol. The predicted molar refractivity (Wildman–Crippen MR) is 47.0 cm³/mol. The van der Waals surface area contributed by atoms with Gasteiger partial charge in [0, 0.05) is 0 Å². The molecule has 13 heavy (non-hydrogen) atoms. The van der Waals surface area contributed by atoms with Gasteiger partial charge < -0.3 is 5.11 Å². The molecule has 0 spiro atoms. The van der Waals surface area contributed by atoms with E-state index in [0.29, 0.717) is 0 Å². The van der Waals surface area contributed by atoms with E-state index in [1.54, 1.807) is 0 Å². The highest BCUT2D eigenvalue weighted by Crippen LogP contribution is 2.31. The van der Waals surface area contributed by atoms with Crippen molar-refractivity contribution in [2.75, 3.05) is 0 Å². The zero-order valence-electron chi connectivity index (χ0n) is 6.61. The molecule has 0 aromatic heterocycles. The highest BCUT2D eigenvalue weighted by atomic mass is 35.5. The third-order valence-corrected chi connectivity index (χ3v) is 2.11. The van der Waals surface area contributed by atoms with Crippen LogP contribution in [-0.2, 0) is 0 Å². The molecule has 1 nitrogen and oxygen atoms in total. The Kier molecular flexibility index (Phi) is 3.11. The van der Waals surface area contributed by atoms with Crippen LogP contribution in [0.5, 0.6) is 0 Å². The Balaban J connectivity index is 3.46. The van der Waals surface area contributed by atoms with Crippen molar-refractivity contribution in [2.24, 2.45) is 0 Å². The van der Waals surface area contributed by atoms with E-state index in [1.165, 1.54) is 6.92 Å². The van der Waals surface area contributed by atoms with Crippen LogP contribution in [0.25, 0.3) is 0 Å². The number of aliphatic hydroxyl groups is 1. The lowest BCUT2D eigenvalue weighted by molar-refractivity contribution is 0.188. The zero-order chi connectivity index (χ0) is 10.2. The molecule has 1 unspecified atom stereocenters. The summed E-state index contributed by atoms with van der Waals surface area (Å²) in [7, 11) is 0. The minimum Gasteiger partial charge on any atom is -0.388 e. The minimum atomic E-state index is -1.28. The van der Waals surface area contributed by atoms with Crippen molar-refractivity contribution in [1.82, 2.24) is 0 Å². The van der Waals surface area contributed by atoms with E-state index in [0.717, 1.165) is 6.07 Å². The van der Waals surface area contributed by atoms with Crippen LogP contribution in [0.1, 0.15) is 18.6 Å². The molecule has 0 aliphatic rings. The topological polar surface area (TPSA) is 20.2 Å². The fourth-order valence-corrected chi connectivity index (χ4v) is 1.44. The minimum absolute atomic E-state index is 0.303. The molecule has 72 valence electrons. The molecule has 0 fully saturated rings. The lowest BCUT2D eigenvalue weighted by atomic mass is 10.1. The number of aliphatic hydroxyl groups excluding tert-OH is 1. The molecule has 5 heteroatoms. The van der Waals surface area contributed by atoms with Gasteiger partial charge in [0.1, 0.15) is 0 Å². The van der Waals surface area contributed by atoms with Crippen molar-refractivity contribution in [3.05, 3.63) is 33.3 Å². The van der Waals surface area contributed by atoms with Crippen LogP contribution in [0.15, 0.2) is 6.07 Å². The van der Waals surface area contributed by atoms with Gasteiger partial charge in [-0.1, -0.05) is 23.2 Å². The van der Waals surface area contributed by atoms with Gasteiger partial charge in [0.2, 0.25) is 0 Å². The summed E-state index contributed by atoms with van der Waals surface area (Å²) in [6.45, 7) is 1.23. The van der Waals surface area contributed by atoms with Crippen molar-refractivity contribution in [2.45, 2.75) is 13.0 Å². The SMILES string of the molecule is CC(O)c1c(F)c(Cl)cc(Cl)c1F. The van der Waals surface area contributed by atoms with Gasteiger partial charge in [0.05, 0.1) is 21.7 Å². The van der Waals surface area contributed by atoms with Crippen LogP contribution in [0, 0.1) is 11.6 Å². The molecule has 0 aliphatic heterocycles. The van der Waals surface area contributed by atoms with Gasteiger partial charge in [-0.3, -0.25) is 0 Å². The van der Waals surface area contributed by atoms with Crippen molar-refractivity contribution >= 4 is 23.2 Å². The monoisotopic (exact) mass is 226 g/mol. The normalized spacial score (nSPS) is 13.1. The highest BCUT2D eigenvalue weighted by molar-refractivity contribution is 6.34. The highest BCUT2D eigenvalue weighted by Gasteiger charge is 2.19. The molecule has 0 heterocycles. The zero-order valence-corrected chi connectivity index (χ0v) is 8.13. The van der Waals surface area contributed by atoms with E-state index in [4.69, 9.17) is 28.3 Å². The molecule has 0 saturated heterocycles. The van der Waals surface area contributed by atoms with Crippen molar-refractivity contribution in [3.63, 3.8) is 0 Å². The van der Waals surface area contributed by atoms with E-state index in [1.807, 2.05) is 0 Å². The molecule has 0 aliphatic carbocycles. The summed E-state index contributed by atoms with van der Waals surface area (Å²) in [4.78, 5) is 0. The van der Waals surface area contributed by atoms with Crippen molar-refractivity contribution in [1.29, 1.82) is 0 Å². The van der Waals surface area contributed by atoms with Crippen molar-refractivity contribution < 1.29 is 13.9 Å². The van der Waals surface area contributed by atoms with Crippen LogP contribution in [0.4, 0.5) is 8.78 Å². The number of rotatable bonds is 1. The summed E-state index contributed by atoms with van der Waals surface area (Å²) in [5, 5.41) is 8.43. The second-order valence-corrected chi connectivity index (χ2v) is 3.37. The fraction of sp³-hybridized carbons (Fsp3) is 0.250. The van der Waals surface area contributed by atoms with Crippen LogP contribution in [0.2, 0.25) is 10.0 Å². The van der Waals surface area contributed by atoms with E-state index in [9.17, 15) is 8.78 Å². The second-order valence-electron chi connectivity index (χ2n) is 2.56. The van der Waals surface area contributed by atoms with Gasteiger partial charge in [0.25, 0.3) is 0 Å². The van der Waals surface area contributed by atoms with E-state index >= 15 is 0 Å². The summed E-state index contributed by atoms with van der Waals surface area (Å²) >= 11 is 10.8. The molecular formula is C8H6Cl2F2O. The third kappa shape index (κ3) is 1.93. The van der Waals surface area contributed by atoms with E-state index in [2.05, 4.69) is 0 Å². The summed E-state index contributed by atoms with van der Waals surface area (Å²) in [6, 6.07) is 0.958. The molecule has 0 radical (unpaired) electrons. The fourth-order valence-electron chi connectivity index (χ4n) is 0.958. The van der Waals surface area contributed by atoms with E-state index in [-0.39, 0.29) is 10.0 Å². The number of benzene rings is 1. The molecule has 1 rings (SSSR count). The Morgan fingerprint density at radius 1 is 1.23 bits per heavy atom. The number of hydrogen-bond acceptors (Lipinski definition) is 1. The summed E-state index contributed by atoms with van der Waals surface area (Å²) in [5.41, 5.74) is -0.502. The summed E-state index contributed by atoms with van der Waals surface area (Å²) in [5.74, 6) is -1.95. The molecule has 1 atom stereocenters. The van der Waals surface area contributed by atoms with E-state index < -0.39 is 23.3 Å². The van der Waals surface area contributed by atoms with Crippen LogP contribution in [0.3, 0.4) is 0 Å². The molecule has 0 bridgehead atoms. The van der Waals surface area contributed by atoms with Gasteiger partial charge in [0.15, 0.2) is 11.6 Å². The van der Waals surface area contributed by atoms with Crippen molar-refractivity contribution in [3.8, 4) is 0 Å². The predicted octanol–water partition coefficient (Wildman–Crippen LogP) is 3.32. The Morgan fingerprint density at radius 2 is 1.62 bits per heavy atom. The molecule has 1 N–H and O–H groups in total.